The maximum atomic E-state index is 13.3. The van der Waals surface area contributed by atoms with E-state index in [9.17, 15) is 4.39 Å². The van der Waals surface area contributed by atoms with E-state index in [0.717, 1.165) is 24.9 Å². The maximum absolute atomic E-state index is 13.3. The minimum atomic E-state index is -0.441. The van der Waals surface area contributed by atoms with E-state index in [4.69, 9.17) is 16.3 Å². The smallest absolute Gasteiger partial charge is 0.145 e. The van der Waals surface area contributed by atoms with Crippen LogP contribution in [0.4, 0.5) is 4.39 Å². The van der Waals surface area contributed by atoms with Crippen LogP contribution in [0.25, 0.3) is 0 Å². The molecule has 1 heterocycles. The first-order valence-electron chi connectivity index (χ1n) is 5.35. The number of nitrogens with one attached hydrogen (secondary N) is 1. The normalized spacial score (nSPS) is 24.8. The third-order valence-corrected chi connectivity index (χ3v) is 3.50. The van der Waals surface area contributed by atoms with Crippen molar-refractivity contribution in [2.24, 2.45) is 0 Å². The van der Waals surface area contributed by atoms with Gasteiger partial charge >= 0.3 is 0 Å². The summed E-state index contributed by atoms with van der Waals surface area (Å²) < 4.78 is 18.5. The third kappa shape index (κ3) is 1.89. The summed E-state index contributed by atoms with van der Waals surface area (Å²) in [5, 5.41) is 3.55. The first-order valence-corrected chi connectivity index (χ1v) is 5.73. The van der Waals surface area contributed by atoms with Crippen molar-refractivity contribution in [1.82, 2.24) is 5.32 Å². The zero-order valence-corrected chi connectivity index (χ0v) is 10.2. The fraction of sp³-hybridized carbons (Fsp3) is 0.500. The maximum Gasteiger partial charge on any atom is 0.145 e. The number of hydrogen-bond donors (Lipinski definition) is 1. The lowest BCUT2D eigenvalue weighted by atomic mass is 9.90. The van der Waals surface area contributed by atoms with Crippen LogP contribution in [0.5, 0.6) is 5.75 Å². The van der Waals surface area contributed by atoms with Crippen molar-refractivity contribution in [3.8, 4) is 5.75 Å². The molecule has 0 saturated carbocycles. The van der Waals surface area contributed by atoms with Gasteiger partial charge < -0.3 is 10.1 Å². The van der Waals surface area contributed by atoms with E-state index < -0.39 is 5.82 Å². The van der Waals surface area contributed by atoms with Gasteiger partial charge in [-0.05, 0) is 32.4 Å². The van der Waals surface area contributed by atoms with Crippen LogP contribution in [-0.4, -0.2) is 13.7 Å². The summed E-state index contributed by atoms with van der Waals surface area (Å²) in [6, 6.07) is 3.01. The summed E-state index contributed by atoms with van der Waals surface area (Å²) in [5.74, 6) is 0.114. The molecule has 1 atom stereocenters. The molecule has 88 valence electrons. The Bertz CT molecular complexity index is 402. The molecule has 2 nitrogen and oxygen atoms in total. The highest BCUT2D eigenvalue weighted by Gasteiger charge is 2.33. The molecule has 1 N–H and O–H groups in total. The van der Waals surface area contributed by atoms with Crippen molar-refractivity contribution in [3.05, 3.63) is 28.5 Å². The Kier molecular flexibility index (Phi) is 3.08. The van der Waals surface area contributed by atoms with E-state index in [2.05, 4.69) is 12.2 Å². The monoisotopic (exact) mass is 243 g/mol. The lowest BCUT2D eigenvalue weighted by Crippen LogP contribution is -2.33. The van der Waals surface area contributed by atoms with Crippen LogP contribution in [0.3, 0.4) is 0 Å². The Labute approximate surface area is 99.7 Å². The lowest BCUT2D eigenvalue weighted by molar-refractivity contribution is 0.368. The van der Waals surface area contributed by atoms with Crippen molar-refractivity contribution in [1.29, 1.82) is 0 Å². The van der Waals surface area contributed by atoms with Gasteiger partial charge in [-0.15, -0.1) is 0 Å². The van der Waals surface area contributed by atoms with E-state index in [0.29, 0.717) is 5.75 Å². The fourth-order valence-corrected chi connectivity index (χ4v) is 2.42. The minimum Gasteiger partial charge on any atom is -0.496 e. The van der Waals surface area contributed by atoms with Crippen molar-refractivity contribution in [2.75, 3.05) is 13.7 Å². The number of hydrogen-bond acceptors (Lipinski definition) is 2. The van der Waals surface area contributed by atoms with Gasteiger partial charge in [-0.2, -0.15) is 0 Å². The first-order chi connectivity index (χ1) is 7.57. The van der Waals surface area contributed by atoms with Gasteiger partial charge in [-0.25, -0.2) is 4.39 Å². The third-order valence-electron chi connectivity index (χ3n) is 3.21. The predicted molar refractivity (Wildman–Crippen MR) is 62.6 cm³/mol. The molecule has 0 bridgehead atoms. The second-order valence-corrected chi connectivity index (χ2v) is 4.74. The summed E-state index contributed by atoms with van der Waals surface area (Å²) in [5.41, 5.74) is 0.766. The van der Waals surface area contributed by atoms with Gasteiger partial charge in [0.15, 0.2) is 0 Å². The Balaban J connectivity index is 2.50. The van der Waals surface area contributed by atoms with Crippen molar-refractivity contribution in [3.63, 3.8) is 0 Å². The molecule has 0 aliphatic carbocycles. The Morgan fingerprint density at radius 1 is 1.50 bits per heavy atom. The Hall–Kier alpha value is -0.800. The average Bonchev–Trinajstić information content (AvgIpc) is 2.69. The SMILES string of the molecule is COc1cc(F)c(Cl)cc1C1(C)CCCN1. The van der Waals surface area contributed by atoms with E-state index in [-0.39, 0.29) is 10.6 Å². The summed E-state index contributed by atoms with van der Waals surface area (Å²) in [6.45, 7) is 3.06. The summed E-state index contributed by atoms with van der Waals surface area (Å²) in [4.78, 5) is 0. The van der Waals surface area contributed by atoms with E-state index in [1.165, 1.54) is 6.07 Å². The molecule has 0 spiro atoms. The standard InChI is InChI=1S/C12H15ClFNO/c1-12(4-3-5-15-12)8-6-9(13)10(14)7-11(8)16-2/h6-7,15H,3-5H2,1-2H3. The first kappa shape index (κ1) is 11.7. The molecule has 0 amide bonds. The highest BCUT2D eigenvalue weighted by atomic mass is 35.5. The fourth-order valence-electron chi connectivity index (χ4n) is 2.25. The molecule has 4 heteroatoms. The van der Waals surface area contributed by atoms with Crippen LogP contribution >= 0.6 is 11.6 Å². The minimum absolute atomic E-state index is 0.144. The second kappa shape index (κ2) is 4.22. The van der Waals surface area contributed by atoms with E-state index in [1.807, 2.05) is 0 Å². The van der Waals surface area contributed by atoms with Gasteiger partial charge in [0, 0.05) is 17.2 Å². The summed E-state index contributed by atoms with van der Waals surface area (Å²) in [7, 11) is 1.55. The molecular weight excluding hydrogens is 229 g/mol. The largest absolute Gasteiger partial charge is 0.496 e. The zero-order chi connectivity index (χ0) is 11.8. The topological polar surface area (TPSA) is 21.3 Å². The van der Waals surface area contributed by atoms with Crippen LogP contribution < -0.4 is 10.1 Å². The van der Waals surface area contributed by atoms with Gasteiger partial charge in [0.2, 0.25) is 0 Å². The molecule has 16 heavy (non-hydrogen) atoms. The quantitative estimate of drug-likeness (QED) is 0.862. The number of methoxy groups -OCH3 is 1. The summed E-state index contributed by atoms with van der Waals surface area (Å²) in [6.07, 6.45) is 2.11. The molecule has 1 aromatic carbocycles. The van der Waals surface area contributed by atoms with Crippen LogP contribution in [0.15, 0.2) is 12.1 Å². The number of halogens is 2. The van der Waals surface area contributed by atoms with Gasteiger partial charge in [0.05, 0.1) is 12.1 Å². The predicted octanol–water partition coefficient (Wildman–Crippen LogP) is 3.09. The summed E-state index contributed by atoms with van der Waals surface area (Å²) >= 11 is 5.82. The molecule has 1 aromatic rings. The average molecular weight is 244 g/mol. The molecule has 0 aromatic heterocycles. The molecule has 2 rings (SSSR count). The molecule has 1 aliphatic heterocycles. The molecule has 1 aliphatic rings. The highest BCUT2D eigenvalue weighted by molar-refractivity contribution is 6.30. The van der Waals surface area contributed by atoms with Crippen LogP contribution in [0.2, 0.25) is 5.02 Å². The molecule has 1 fully saturated rings. The van der Waals surface area contributed by atoms with Crippen molar-refractivity contribution >= 4 is 11.6 Å². The second-order valence-electron chi connectivity index (χ2n) is 4.33. The van der Waals surface area contributed by atoms with Crippen LogP contribution in [0, 0.1) is 5.82 Å². The number of rotatable bonds is 2. The number of ether oxygens (including phenoxy) is 1. The Morgan fingerprint density at radius 3 is 2.81 bits per heavy atom. The lowest BCUT2D eigenvalue weighted by Gasteiger charge is -2.27. The van der Waals surface area contributed by atoms with Gasteiger partial charge in [0.1, 0.15) is 11.6 Å². The zero-order valence-electron chi connectivity index (χ0n) is 9.44. The van der Waals surface area contributed by atoms with E-state index >= 15 is 0 Å². The molecular formula is C12H15ClFNO. The van der Waals surface area contributed by atoms with Gasteiger partial charge in [-0.1, -0.05) is 11.6 Å². The van der Waals surface area contributed by atoms with Crippen molar-refractivity contribution < 1.29 is 9.13 Å². The van der Waals surface area contributed by atoms with Crippen molar-refractivity contribution in [2.45, 2.75) is 25.3 Å². The van der Waals surface area contributed by atoms with Crippen LogP contribution in [0.1, 0.15) is 25.3 Å². The highest BCUT2D eigenvalue weighted by Crippen LogP contribution is 2.38. The van der Waals surface area contributed by atoms with Gasteiger partial charge in [0.25, 0.3) is 0 Å². The molecule has 1 saturated heterocycles. The van der Waals surface area contributed by atoms with Gasteiger partial charge in [-0.3, -0.25) is 0 Å². The Morgan fingerprint density at radius 2 is 2.25 bits per heavy atom. The van der Waals surface area contributed by atoms with Crippen LogP contribution in [-0.2, 0) is 5.54 Å². The molecule has 0 radical (unpaired) electrons. The number of benzene rings is 1. The molecule has 1 unspecified atom stereocenters. The van der Waals surface area contributed by atoms with E-state index in [1.54, 1.807) is 13.2 Å².